The summed E-state index contributed by atoms with van der Waals surface area (Å²) in [6.45, 7) is 4.20. The first-order valence-corrected chi connectivity index (χ1v) is 4.04. The predicted octanol–water partition coefficient (Wildman–Crippen LogP) is -0.686. The van der Waals surface area contributed by atoms with Gasteiger partial charge in [-0.05, 0) is 0 Å². The fraction of sp³-hybridized carbons (Fsp3) is 0.625. The minimum atomic E-state index is -0.632. The summed E-state index contributed by atoms with van der Waals surface area (Å²) in [6, 6.07) is 0. The van der Waals surface area contributed by atoms with E-state index in [4.69, 9.17) is 15.6 Å². The topological polar surface area (TPSA) is 75.8 Å². The van der Waals surface area contributed by atoms with Crippen LogP contribution in [0.3, 0.4) is 0 Å². The van der Waals surface area contributed by atoms with Gasteiger partial charge >= 0.3 is 6.09 Å². The Bertz CT molecular complexity index is 211. The van der Waals surface area contributed by atoms with E-state index in [1.54, 1.807) is 0 Å². The lowest BCUT2D eigenvalue weighted by molar-refractivity contribution is 0.0194. The van der Waals surface area contributed by atoms with Crippen LogP contribution in [0.1, 0.15) is 0 Å². The number of carbonyl (C=O) groups is 1. The molecule has 0 aromatic rings. The number of aliphatic hydroxyl groups is 1. The van der Waals surface area contributed by atoms with Crippen LogP contribution in [0.15, 0.2) is 12.7 Å². The van der Waals surface area contributed by atoms with Gasteiger partial charge in [-0.25, -0.2) is 4.79 Å². The second kappa shape index (κ2) is 3.76. The highest BCUT2D eigenvalue weighted by atomic mass is 16.6. The Morgan fingerprint density at radius 1 is 1.77 bits per heavy atom. The smallest absolute Gasteiger partial charge is 0.410 e. The molecule has 1 saturated heterocycles. The zero-order chi connectivity index (χ0) is 9.90. The molecule has 1 heterocycles. The van der Waals surface area contributed by atoms with Gasteiger partial charge in [0.2, 0.25) is 0 Å². The third kappa shape index (κ3) is 2.19. The lowest BCUT2D eigenvalue weighted by atomic mass is 9.93. The molecule has 0 aromatic carbocycles. The monoisotopic (exact) mass is 186 g/mol. The van der Waals surface area contributed by atoms with Crippen LogP contribution in [0.25, 0.3) is 0 Å². The molecule has 0 unspecified atom stereocenters. The van der Waals surface area contributed by atoms with Gasteiger partial charge in [-0.15, -0.1) is 0 Å². The molecule has 5 nitrogen and oxygen atoms in total. The van der Waals surface area contributed by atoms with Crippen LogP contribution in [0.4, 0.5) is 4.79 Å². The van der Waals surface area contributed by atoms with Crippen molar-refractivity contribution >= 4 is 6.09 Å². The molecular formula is C8H14N2O3. The highest BCUT2D eigenvalue weighted by Gasteiger charge is 2.42. The van der Waals surface area contributed by atoms with Gasteiger partial charge in [-0.1, -0.05) is 12.7 Å². The molecule has 0 saturated carbocycles. The molecular weight excluding hydrogens is 172 g/mol. The minimum absolute atomic E-state index is 0.113. The van der Waals surface area contributed by atoms with Gasteiger partial charge in [0.25, 0.3) is 0 Å². The zero-order valence-electron chi connectivity index (χ0n) is 7.40. The fourth-order valence-corrected chi connectivity index (χ4v) is 1.16. The molecule has 1 amide bonds. The summed E-state index contributed by atoms with van der Waals surface area (Å²) in [7, 11) is 0. The van der Waals surface area contributed by atoms with Crippen molar-refractivity contribution in [3.63, 3.8) is 0 Å². The van der Waals surface area contributed by atoms with E-state index in [0.717, 1.165) is 0 Å². The van der Waals surface area contributed by atoms with Crippen molar-refractivity contribution in [2.75, 3.05) is 26.3 Å². The molecule has 0 aromatic heterocycles. The molecule has 0 radical (unpaired) electrons. The summed E-state index contributed by atoms with van der Waals surface area (Å²) in [5.74, 6) is 0. The summed E-state index contributed by atoms with van der Waals surface area (Å²) in [5.41, 5.74) is 5.01. The van der Waals surface area contributed by atoms with E-state index >= 15 is 0 Å². The summed E-state index contributed by atoms with van der Waals surface area (Å²) < 4.78 is 4.76. The number of ether oxygens (including phenoxy) is 1. The Labute approximate surface area is 76.8 Å². The predicted molar refractivity (Wildman–Crippen MR) is 47.1 cm³/mol. The van der Waals surface area contributed by atoms with Crippen molar-refractivity contribution in [3.8, 4) is 0 Å². The highest BCUT2D eigenvalue weighted by molar-refractivity contribution is 5.69. The maximum atomic E-state index is 11.1. The van der Waals surface area contributed by atoms with Crippen molar-refractivity contribution in [2.24, 2.45) is 5.73 Å². The van der Waals surface area contributed by atoms with Crippen molar-refractivity contribution in [2.45, 2.75) is 5.54 Å². The number of aliphatic hydroxyl groups excluding tert-OH is 1. The van der Waals surface area contributed by atoms with Crippen LogP contribution >= 0.6 is 0 Å². The van der Waals surface area contributed by atoms with E-state index in [2.05, 4.69) is 6.58 Å². The molecule has 1 aliphatic heterocycles. The Morgan fingerprint density at radius 3 is 2.85 bits per heavy atom. The van der Waals surface area contributed by atoms with Crippen LogP contribution in [-0.4, -0.2) is 47.9 Å². The molecule has 0 bridgehead atoms. The first-order valence-electron chi connectivity index (χ1n) is 4.04. The van der Waals surface area contributed by atoms with E-state index < -0.39 is 11.6 Å². The normalized spacial score (nSPS) is 19.1. The fourth-order valence-electron chi connectivity index (χ4n) is 1.16. The molecule has 13 heavy (non-hydrogen) atoms. The quantitative estimate of drug-likeness (QED) is 0.572. The summed E-state index contributed by atoms with van der Waals surface area (Å²) in [5, 5.41) is 8.80. The third-order valence-corrected chi connectivity index (χ3v) is 1.91. The lowest BCUT2D eigenvalue weighted by Crippen LogP contribution is -2.70. The van der Waals surface area contributed by atoms with Crippen molar-refractivity contribution in [1.82, 2.24) is 4.90 Å². The van der Waals surface area contributed by atoms with Crippen LogP contribution in [0, 0.1) is 0 Å². The van der Waals surface area contributed by atoms with Gasteiger partial charge in [-0.3, -0.25) is 0 Å². The van der Waals surface area contributed by atoms with Gasteiger partial charge in [0, 0.05) is 13.1 Å². The maximum absolute atomic E-state index is 11.1. The van der Waals surface area contributed by atoms with Gasteiger partial charge in [0.15, 0.2) is 0 Å². The van der Waals surface area contributed by atoms with E-state index in [1.165, 1.54) is 11.0 Å². The average Bonchev–Trinajstić information content (AvgIpc) is 2.09. The second-order valence-electron chi connectivity index (χ2n) is 3.24. The molecule has 0 spiro atoms. The van der Waals surface area contributed by atoms with Gasteiger partial charge in [0.05, 0.1) is 12.1 Å². The van der Waals surface area contributed by atoms with Gasteiger partial charge in [0.1, 0.15) is 6.61 Å². The number of rotatable bonds is 3. The number of carbonyl (C=O) groups excluding carboxylic acids is 1. The summed E-state index contributed by atoms with van der Waals surface area (Å²) in [6.07, 6.45) is 1.09. The average molecular weight is 186 g/mol. The van der Waals surface area contributed by atoms with E-state index in [0.29, 0.717) is 13.1 Å². The Morgan fingerprint density at radius 2 is 2.38 bits per heavy atom. The largest absolute Gasteiger partial charge is 0.445 e. The van der Waals surface area contributed by atoms with Crippen LogP contribution < -0.4 is 5.73 Å². The third-order valence-electron chi connectivity index (χ3n) is 1.91. The highest BCUT2D eigenvalue weighted by Crippen LogP contribution is 2.17. The maximum Gasteiger partial charge on any atom is 0.410 e. The molecule has 0 atom stereocenters. The standard InChI is InChI=1S/C8H14N2O3/c1-2-3-13-7(12)10-4-8(9,5-10)6-11/h2,11H,1,3-6,9H2. The number of nitrogens with two attached hydrogens (primary N) is 1. The number of nitrogens with zero attached hydrogens (tertiary/aromatic N) is 1. The molecule has 5 heteroatoms. The van der Waals surface area contributed by atoms with Crippen molar-refractivity contribution in [3.05, 3.63) is 12.7 Å². The van der Waals surface area contributed by atoms with E-state index in [9.17, 15) is 4.79 Å². The second-order valence-corrected chi connectivity index (χ2v) is 3.24. The number of hydrogen-bond donors (Lipinski definition) is 2. The SMILES string of the molecule is C=CCOC(=O)N1CC(N)(CO)C1. The molecule has 1 fully saturated rings. The van der Waals surface area contributed by atoms with Crippen LogP contribution in [0.2, 0.25) is 0 Å². The first-order chi connectivity index (χ1) is 6.11. The van der Waals surface area contributed by atoms with E-state index in [1.807, 2.05) is 0 Å². The molecule has 0 aliphatic carbocycles. The van der Waals surface area contributed by atoms with Crippen molar-refractivity contribution in [1.29, 1.82) is 0 Å². The molecule has 3 N–H and O–H groups in total. The minimum Gasteiger partial charge on any atom is -0.445 e. The van der Waals surface area contributed by atoms with Gasteiger partial charge in [-0.2, -0.15) is 0 Å². The van der Waals surface area contributed by atoms with E-state index in [-0.39, 0.29) is 13.2 Å². The number of hydrogen-bond acceptors (Lipinski definition) is 4. The Balaban J connectivity index is 2.26. The Kier molecular flexibility index (Phi) is 2.90. The van der Waals surface area contributed by atoms with Crippen molar-refractivity contribution < 1.29 is 14.6 Å². The molecule has 1 aliphatic rings. The lowest BCUT2D eigenvalue weighted by Gasteiger charge is -2.45. The molecule has 1 rings (SSSR count). The Hall–Kier alpha value is -1.07. The summed E-state index contributed by atoms with van der Waals surface area (Å²) in [4.78, 5) is 12.6. The van der Waals surface area contributed by atoms with Gasteiger partial charge < -0.3 is 20.5 Å². The van der Waals surface area contributed by atoms with Crippen LogP contribution in [0.5, 0.6) is 0 Å². The number of likely N-dealkylation sites (tertiary alicyclic amines) is 1. The molecule has 74 valence electrons. The summed E-state index contributed by atoms with van der Waals surface area (Å²) >= 11 is 0. The van der Waals surface area contributed by atoms with Crippen LogP contribution in [-0.2, 0) is 4.74 Å². The number of amides is 1. The first kappa shape index (κ1) is 10.0. The zero-order valence-corrected chi connectivity index (χ0v) is 7.40.